The third-order valence-corrected chi connectivity index (χ3v) is 5.74. The first-order valence-electron chi connectivity index (χ1n) is 11.1. The number of halogens is 1. The Hall–Kier alpha value is -3.68. The van der Waals surface area contributed by atoms with Gasteiger partial charge in [0.2, 0.25) is 0 Å². The van der Waals surface area contributed by atoms with Gasteiger partial charge in [-0.25, -0.2) is 9.18 Å². The van der Waals surface area contributed by atoms with E-state index in [-0.39, 0.29) is 17.8 Å². The standard InChI is InChI=1S/C25H27FN4O3/c1-29(24(31)19-8-12-22(13-9-19)30-15-16-33-25(30)32)14-4-2-3-5-21-17-23(28-27-21)18-6-10-20(26)11-7-18/h6-13,17H,2-5,14-16H2,1H3,(H,27,28). The number of benzene rings is 2. The van der Waals surface area contributed by atoms with Crippen LogP contribution in [0.1, 0.15) is 35.3 Å². The number of carbonyl (C=O) groups excluding carboxylic acids is 2. The molecule has 0 radical (unpaired) electrons. The third-order valence-electron chi connectivity index (χ3n) is 5.74. The Morgan fingerprint density at radius 3 is 2.58 bits per heavy atom. The SMILES string of the molecule is CN(CCCCCc1cc(-c2ccc(F)cc2)n[nH]1)C(=O)c1ccc(N2CCOC2=O)cc1. The molecule has 1 N–H and O–H groups in total. The summed E-state index contributed by atoms with van der Waals surface area (Å²) in [6, 6.07) is 15.3. The number of anilines is 1. The highest BCUT2D eigenvalue weighted by Crippen LogP contribution is 2.21. The van der Waals surface area contributed by atoms with Crippen LogP contribution in [-0.4, -0.2) is 53.8 Å². The molecular weight excluding hydrogens is 423 g/mol. The lowest BCUT2D eigenvalue weighted by Gasteiger charge is -2.18. The van der Waals surface area contributed by atoms with E-state index in [0.29, 0.717) is 25.3 Å². The van der Waals surface area contributed by atoms with Gasteiger partial charge >= 0.3 is 6.09 Å². The second-order valence-electron chi connectivity index (χ2n) is 8.14. The summed E-state index contributed by atoms with van der Waals surface area (Å²) in [4.78, 5) is 27.6. The van der Waals surface area contributed by atoms with Crippen molar-refractivity contribution in [1.82, 2.24) is 15.1 Å². The molecule has 1 aliphatic rings. The van der Waals surface area contributed by atoms with Gasteiger partial charge in [0, 0.05) is 36.1 Å². The minimum atomic E-state index is -0.354. The summed E-state index contributed by atoms with van der Waals surface area (Å²) in [7, 11) is 1.80. The van der Waals surface area contributed by atoms with E-state index in [1.807, 2.05) is 6.07 Å². The molecule has 1 aromatic heterocycles. The summed E-state index contributed by atoms with van der Waals surface area (Å²) in [6.07, 6.45) is 3.38. The van der Waals surface area contributed by atoms with E-state index >= 15 is 0 Å². The monoisotopic (exact) mass is 450 g/mol. The molecule has 4 rings (SSSR count). The molecule has 1 fully saturated rings. The first kappa shape index (κ1) is 22.5. The molecule has 172 valence electrons. The van der Waals surface area contributed by atoms with Crippen molar-refractivity contribution in [1.29, 1.82) is 0 Å². The van der Waals surface area contributed by atoms with Crippen molar-refractivity contribution in [3.8, 4) is 11.3 Å². The van der Waals surface area contributed by atoms with Crippen LogP contribution in [0, 0.1) is 5.82 Å². The highest BCUT2D eigenvalue weighted by Gasteiger charge is 2.23. The van der Waals surface area contributed by atoms with E-state index in [0.717, 1.165) is 48.3 Å². The number of H-pyrrole nitrogens is 1. The Bertz CT molecular complexity index is 1100. The quantitative estimate of drug-likeness (QED) is 0.481. The van der Waals surface area contributed by atoms with Crippen LogP contribution < -0.4 is 4.90 Å². The zero-order valence-electron chi connectivity index (χ0n) is 18.6. The topological polar surface area (TPSA) is 78.5 Å². The van der Waals surface area contributed by atoms with Crippen molar-refractivity contribution in [2.24, 2.45) is 0 Å². The van der Waals surface area contributed by atoms with Crippen LogP contribution in [0.3, 0.4) is 0 Å². The van der Waals surface area contributed by atoms with Gasteiger partial charge in [0.1, 0.15) is 12.4 Å². The first-order chi connectivity index (χ1) is 16.0. The molecule has 7 nitrogen and oxygen atoms in total. The molecule has 2 heterocycles. The van der Waals surface area contributed by atoms with Crippen LogP contribution in [-0.2, 0) is 11.2 Å². The van der Waals surface area contributed by atoms with E-state index in [1.165, 1.54) is 12.1 Å². The molecule has 1 aliphatic heterocycles. The summed E-state index contributed by atoms with van der Waals surface area (Å²) < 4.78 is 18.0. The second kappa shape index (κ2) is 10.3. The maximum Gasteiger partial charge on any atom is 0.414 e. The Kier molecular flexibility index (Phi) is 7.02. The van der Waals surface area contributed by atoms with E-state index in [1.54, 1.807) is 53.2 Å². The van der Waals surface area contributed by atoms with Crippen molar-refractivity contribution in [3.05, 3.63) is 71.7 Å². The number of amides is 2. The van der Waals surface area contributed by atoms with Gasteiger partial charge in [-0.3, -0.25) is 14.8 Å². The Morgan fingerprint density at radius 2 is 1.88 bits per heavy atom. The van der Waals surface area contributed by atoms with Gasteiger partial charge in [0.25, 0.3) is 5.91 Å². The fraction of sp³-hybridized carbons (Fsp3) is 0.320. The maximum atomic E-state index is 13.1. The highest BCUT2D eigenvalue weighted by atomic mass is 19.1. The fourth-order valence-electron chi connectivity index (χ4n) is 3.83. The summed E-state index contributed by atoms with van der Waals surface area (Å²) in [6.45, 7) is 1.58. The van der Waals surface area contributed by atoms with Gasteiger partial charge < -0.3 is 9.64 Å². The normalized spacial score (nSPS) is 13.3. The molecule has 0 unspecified atom stereocenters. The number of hydrogen-bond donors (Lipinski definition) is 1. The summed E-state index contributed by atoms with van der Waals surface area (Å²) in [5.41, 5.74) is 4.06. The highest BCUT2D eigenvalue weighted by molar-refractivity contribution is 5.95. The van der Waals surface area contributed by atoms with E-state index in [4.69, 9.17) is 4.74 Å². The number of aromatic amines is 1. The van der Waals surface area contributed by atoms with E-state index in [9.17, 15) is 14.0 Å². The van der Waals surface area contributed by atoms with Gasteiger partial charge in [-0.05, 0) is 73.9 Å². The summed E-state index contributed by atoms with van der Waals surface area (Å²) in [5.74, 6) is -0.299. The largest absolute Gasteiger partial charge is 0.447 e. The van der Waals surface area contributed by atoms with E-state index in [2.05, 4.69) is 10.2 Å². The Morgan fingerprint density at radius 1 is 1.12 bits per heavy atom. The molecule has 0 bridgehead atoms. The van der Waals surface area contributed by atoms with Crippen molar-refractivity contribution < 1.29 is 18.7 Å². The average Bonchev–Trinajstić information content (AvgIpc) is 3.48. The maximum absolute atomic E-state index is 13.1. The lowest BCUT2D eigenvalue weighted by Crippen LogP contribution is -2.28. The van der Waals surface area contributed by atoms with Gasteiger partial charge in [0.15, 0.2) is 0 Å². The fourth-order valence-corrected chi connectivity index (χ4v) is 3.83. The molecule has 8 heteroatoms. The zero-order chi connectivity index (χ0) is 23.2. The number of cyclic esters (lactones) is 1. The Labute approximate surface area is 192 Å². The number of carbonyl (C=O) groups is 2. The van der Waals surface area contributed by atoms with Crippen molar-refractivity contribution >= 4 is 17.7 Å². The molecule has 0 atom stereocenters. The molecule has 1 saturated heterocycles. The minimum absolute atomic E-state index is 0.0388. The molecule has 0 aliphatic carbocycles. The number of nitrogens with zero attached hydrogens (tertiary/aromatic N) is 3. The zero-order valence-corrected chi connectivity index (χ0v) is 18.6. The smallest absolute Gasteiger partial charge is 0.414 e. The van der Waals surface area contributed by atoms with Gasteiger partial charge in [-0.15, -0.1) is 0 Å². The van der Waals surface area contributed by atoms with Crippen LogP contribution in [0.25, 0.3) is 11.3 Å². The van der Waals surface area contributed by atoms with Crippen molar-refractivity contribution in [2.45, 2.75) is 25.7 Å². The van der Waals surface area contributed by atoms with Crippen molar-refractivity contribution in [2.75, 3.05) is 31.6 Å². The number of hydrogen-bond acceptors (Lipinski definition) is 4. The Balaban J connectivity index is 1.19. The molecule has 2 amide bonds. The second-order valence-corrected chi connectivity index (χ2v) is 8.14. The molecular formula is C25H27FN4O3. The number of unbranched alkanes of at least 4 members (excludes halogenated alkanes) is 2. The average molecular weight is 451 g/mol. The number of nitrogens with one attached hydrogen (secondary N) is 1. The van der Waals surface area contributed by atoms with Crippen LogP contribution in [0.5, 0.6) is 0 Å². The number of aromatic nitrogens is 2. The predicted octanol–water partition coefficient (Wildman–Crippen LogP) is 4.66. The lowest BCUT2D eigenvalue weighted by molar-refractivity contribution is 0.0792. The van der Waals surface area contributed by atoms with Gasteiger partial charge in [-0.1, -0.05) is 6.42 Å². The third kappa shape index (κ3) is 5.58. The van der Waals surface area contributed by atoms with Crippen LogP contribution >= 0.6 is 0 Å². The van der Waals surface area contributed by atoms with Crippen LogP contribution in [0.4, 0.5) is 14.9 Å². The summed E-state index contributed by atoms with van der Waals surface area (Å²) >= 11 is 0. The van der Waals surface area contributed by atoms with E-state index < -0.39 is 0 Å². The van der Waals surface area contributed by atoms with Crippen LogP contribution in [0.15, 0.2) is 54.6 Å². The lowest BCUT2D eigenvalue weighted by atomic mass is 10.1. The molecule has 0 spiro atoms. The molecule has 33 heavy (non-hydrogen) atoms. The van der Waals surface area contributed by atoms with Crippen LogP contribution in [0.2, 0.25) is 0 Å². The van der Waals surface area contributed by atoms with Gasteiger partial charge in [0.05, 0.1) is 12.2 Å². The molecule has 0 saturated carbocycles. The van der Waals surface area contributed by atoms with Crippen molar-refractivity contribution in [3.63, 3.8) is 0 Å². The predicted molar refractivity (Wildman–Crippen MR) is 124 cm³/mol. The summed E-state index contributed by atoms with van der Waals surface area (Å²) in [5, 5.41) is 7.35. The molecule has 2 aromatic carbocycles. The number of rotatable bonds is 9. The van der Waals surface area contributed by atoms with Gasteiger partial charge in [-0.2, -0.15) is 5.10 Å². The number of ether oxygens (including phenoxy) is 1. The first-order valence-corrected chi connectivity index (χ1v) is 11.1. The number of aryl methyl sites for hydroxylation is 1. The minimum Gasteiger partial charge on any atom is -0.447 e. The molecule has 3 aromatic rings.